The third-order valence-electron chi connectivity index (χ3n) is 4.46. The molecular weight excluding hydrogens is 434 g/mol. The molecule has 2 aromatic heterocycles. The number of anilines is 1. The van der Waals surface area contributed by atoms with Gasteiger partial charge in [-0.25, -0.2) is 4.98 Å². The van der Waals surface area contributed by atoms with Gasteiger partial charge in [0.05, 0.1) is 22.5 Å². The Bertz CT molecular complexity index is 1110. The first-order valence-electron chi connectivity index (χ1n) is 9.01. The Morgan fingerprint density at radius 2 is 1.93 bits per heavy atom. The van der Waals surface area contributed by atoms with E-state index in [0.717, 1.165) is 26.8 Å². The van der Waals surface area contributed by atoms with Crippen molar-refractivity contribution < 1.29 is 4.79 Å². The Morgan fingerprint density at radius 3 is 2.64 bits per heavy atom. The highest BCUT2D eigenvalue weighted by atomic mass is 79.9. The number of hydrogen-bond donors (Lipinski definition) is 0. The molecule has 0 spiro atoms. The van der Waals surface area contributed by atoms with Gasteiger partial charge in [0.25, 0.3) is 5.91 Å². The fraction of sp³-hybridized carbons (Fsp3) is 0.136. The van der Waals surface area contributed by atoms with Gasteiger partial charge in [0, 0.05) is 16.2 Å². The summed E-state index contributed by atoms with van der Waals surface area (Å²) in [7, 11) is 0. The first-order chi connectivity index (χ1) is 13.6. The van der Waals surface area contributed by atoms with Gasteiger partial charge >= 0.3 is 0 Å². The molecule has 0 atom stereocenters. The topological polar surface area (TPSA) is 46.1 Å². The van der Waals surface area contributed by atoms with E-state index in [0.29, 0.717) is 17.2 Å². The molecule has 28 heavy (non-hydrogen) atoms. The molecule has 1 amide bonds. The lowest BCUT2D eigenvalue weighted by Crippen LogP contribution is -2.30. The van der Waals surface area contributed by atoms with E-state index in [2.05, 4.69) is 40.0 Å². The molecule has 0 radical (unpaired) electrons. The zero-order valence-electron chi connectivity index (χ0n) is 15.3. The van der Waals surface area contributed by atoms with E-state index in [-0.39, 0.29) is 5.91 Å². The lowest BCUT2D eigenvalue weighted by Gasteiger charge is -2.19. The van der Waals surface area contributed by atoms with Gasteiger partial charge in [-0.15, -0.1) is 0 Å². The van der Waals surface area contributed by atoms with E-state index in [1.165, 1.54) is 16.9 Å². The summed E-state index contributed by atoms with van der Waals surface area (Å²) in [5.74, 6) is -0.0899. The average Bonchev–Trinajstić information content (AvgIpc) is 3.15. The maximum absolute atomic E-state index is 13.3. The Labute approximate surface area is 176 Å². The summed E-state index contributed by atoms with van der Waals surface area (Å²) >= 11 is 4.96. The van der Waals surface area contributed by atoms with Crippen molar-refractivity contribution >= 4 is 48.5 Å². The number of aromatic nitrogens is 2. The van der Waals surface area contributed by atoms with Gasteiger partial charge in [0.1, 0.15) is 0 Å². The van der Waals surface area contributed by atoms with Crippen LogP contribution in [0.25, 0.3) is 10.2 Å². The lowest BCUT2D eigenvalue weighted by atomic mass is 10.2. The largest absolute Gasteiger partial charge is 0.278 e. The number of amides is 1. The van der Waals surface area contributed by atoms with Crippen LogP contribution in [0.5, 0.6) is 0 Å². The molecule has 0 N–H and O–H groups in total. The third kappa shape index (κ3) is 3.98. The maximum atomic E-state index is 13.3. The van der Waals surface area contributed by atoms with Crippen LogP contribution in [0, 0.1) is 0 Å². The normalized spacial score (nSPS) is 10.9. The van der Waals surface area contributed by atoms with Crippen LogP contribution in [0.3, 0.4) is 0 Å². The van der Waals surface area contributed by atoms with Crippen LogP contribution in [-0.2, 0) is 13.0 Å². The monoisotopic (exact) mass is 451 g/mol. The fourth-order valence-electron chi connectivity index (χ4n) is 2.92. The zero-order chi connectivity index (χ0) is 19.5. The van der Waals surface area contributed by atoms with Gasteiger partial charge in [-0.3, -0.25) is 14.7 Å². The van der Waals surface area contributed by atoms with Crippen molar-refractivity contribution in [3.05, 3.63) is 88.2 Å². The number of thiazole rings is 1. The van der Waals surface area contributed by atoms with E-state index in [9.17, 15) is 4.79 Å². The molecule has 4 rings (SSSR count). The second-order valence-electron chi connectivity index (χ2n) is 6.37. The number of aryl methyl sites for hydroxylation is 1. The molecule has 4 nitrogen and oxygen atoms in total. The number of fused-ring (bicyclic) bond motifs is 1. The molecule has 0 saturated heterocycles. The van der Waals surface area contributed by atoms with Crippen molar-refractivity contribution in [2.45, 2.75) is 19.9 Å². The van der Waals surface area contributed by atoms with Gasteiger partial charge < -0.3 is 0 Å². The minimum atomic E-state index is -0.0899. The fourth-order valence-corrected chi connectivity index (χ4v) is 4.21. The highest BCUT2D eigenvalue weighted by Crippen LogP contribution is 2.31. The molecule has 0 bridgehead atoms. The van der Waals surface area contributed by atoms with E-state index >= 15 is 0 Å². The van der Waals surface area contributed by atoms with Crippen LogP contribution >= 0.6 is 27.3 Å². The molecule has 0 aliphatic carbocycles. The number of carbonyl (C=O) groups is 1. The summed E-state index contributed by atoms with van der Waals surface area (Å²) in [6.45, 7) is 2.50. The summed E-state index contributed by atoms with van der Waals surface area (Å²) in [4.78, 5) is 24.1. The standard InChI is InChI=1S/C22H18BrN3OS/c1-2-15-6-11-19-20(13-15)28-22(25-19)26(14-18-5-3-4-12-24-18)21(27)16-7-9-17(23)10-8-16/h3-13H,2,14H2,1H3. The number of rotatable bonds is 5. The minimum Gasteiger partial charge on any atom is -0.278 e. The smallest absolute Gasteiger partial charge is 0.260 e. The van der Waals surface area contributed by atoms with Gasteiger partial charge in [-0.1, -0.05) is 46.3 Å². The molecule has 0 aliphatic heterocycles. The predicted molar refractivity (Wildman–Crippen MR) is 118 cm³/mol. The summed E-state index contributed by atoms with van der Waals surface area (Å²) < 4.78 is 2.02. The van der Waals surface area contributed by atoms with Gasteiger partial charge in [0.15, 0.2) is 5.13 Å². The average molecular weight is 452 g/mol. The van der Waals surface area contributed by atoms with Crippen molar-refractivity contribution in [3.63, 3.8) is 0 Å². The van der Waals surface area contributed by atoms with Crippen LogP contribution in [0.4, 0.5) is 5.13 Å². The molecule has 140 valence electrons. The number of halogens is 1. The molecule has 0 aliphatic rings. The Morgan fingerprint density at radius 1 is 1.11 bits per heavy atom. The van der Waals surface area contributed by atoms with Gasteiger partial charge in [0.2, 0.25) is 0 Å². The molecule has 0 fully saturated rings. The highest BCUT2D eigenvalue weighted by molar-refractivity contribution is 9.10. The van der Waals surface area contributed by atoms with Crippen molar-refractivity contribution in [2.24, 2.45) is 0 Å². The Kier molecular flexibility index (Phi) is 5.50. The van der Waals surface area contributed by atoms with Crippen LogP contribution in [-0.4, -0.2) is 15.9 Å². The third-order valence-corrected chi connectivity index (χ3v) is 6.03. The number of hydrogen-bond acceptors (Lipinski definition) is 4. The molecule has 4 aromatic rings. The molecular formula is C22H18BrN3OS. The lowest BCUT2D eigenvalue weighted by molar-refractivity contribution is 0.0985. The van der Waals surface area contributed by atoms with Crippen LogP contribution in [0.2, 0.25) is 0 Å². The number of carbonyl (C=O) groups excluding carboxylic acids is 1. The van der Waals surface area contributed by atoms with Gasteiger partial charge in [-0.05, 0) is 60.5 Å². The molecule has 2 heterocycles. The van der Waals surface area contributed by atoms with Crippen LogP contribution in [0.1, 0.15) is 28.5 Å². The van der Waals surface area contributed by atoms with Crippen molar-refractivity contribution in [1.29, 1.82) is 0 Å². The van der Waals surface area contributed by atoms with Crippen molar-refractivity contribution in [2.75, 3.05) is 4.90 Å². The van der Waals surface area contributed by atoms with E-state index in [1.54, 1.807) is 11.1 Å². The summed E-state index contributed by atoms with van der Waals surface area (Å²) in [6, 6.07) is 19.4. The SMILES string of the molecule is CCc1ccc2nc(N(Cc3ccccn3)C(=O)c3ccc(Br)cc3)sc2c1. The Hall–Kier alpha value is -2.57. The molecule has 0 saturated carbocycles. The number of nitrogens with zero attached hydrogens (tertiary/aromatic N) is 3. The number of benzene rings is 2. The second-order valence-corrected chi connectivity index (χ2v) is 8.30. The minimum absolute atomic E-state index is 0.0899. The van der Waals surface area contributed by atoms with E-state index in [4.69, 9.17) is 4.98 Å². The molecule has 0 unspecified atom stereocenters. The van der Waals surface area contributed by atoms with Crippen LogP contribution < -0.4 is 4.90 Å². The van der Waals surface area contributed by atoms with Crippen molar-refractivity contribution in [1.82, 2.24) is 9.97 Å². The van der Waals surface area contributed by atoms with Crippen molar-refractivity contribution in [3.8, 4) is 0 Å². The quantitative estimate of drug-likeness (QED) is 0.381. The van der Waals surface area contributed by atoms with Crippen LogP contribution in [0.15, 0.2) is 71.3 Å². The first-order valence-corrected chi connectivity index (χ1v) is 10.6. The molecule has 6 heteroatoms. The first kappa shape index (κ1) is 18.8. The van der Waals surface area contributed by atoms with Gasteiger partial charge in [-0.2, -0.15) is 0 Å². The number of pyridine rings is 1. The van der Waals surface area contributed by atoms with E-state index < -0.39 is 0 Å². The maximum Gasteiger partial charge on any atom is 0.260 e. The second kappa shape index (κ2) is 8.20. The predicted octanol–water partition coefficient (Wildman–Crippen LogP) is 5.86. The summed E-state index contributed by atoms with van der Waals surface area (Å²) in [6.07, 6.45) is 2.71. The molecule has 2 aromatic carbocycles. The summed E-state index contributed by atoms with van der Waals surface area (Å²) in [5.41, 5.74) is 3.61. The highest BCUT2D eigenvalue weighted by Gasteiger charge is 2.22. The van der Waals surface area contributed by atoms with E-state index in [1.807, 2.05) is 48.5 Å². The summed E-state index contributed by atoms with van der Waals surface area (Å²) in [5, 5.41) is 0.682. The Balaban J connectivity index is 1.75. The zero-order valence-corrected chi connectivity index (χ0v) is 17.7.